The first kappa shape index (κ1) is 11.8. The summed E-state index contributed by atoms with van der Waals surface area (Å²) in [5, 5.41) is 19.9. The van der Waals surface area contributed by atoms with Crippen molar-refractivity contribution in [2.75, 3.05) is 6.61 Å². The van der Waals surface area contributed by atoms with E-state index in [9.17, 15) is 0 Å². The molecule has 0 aliphatic heterocycles. The molecule has 0 radical (unpaired) electrons. The van der Waals surface area contributed by atoms with Crippen LogP contribution in [0.1, 0.15) is 5.56 Å². The lowest BCUT2D eigenvalue weighted by atomic mass is 9.99. The van der Waals surface area contributed by atoms with E-state index >= 15 is 0 Å². The molecule has 88 valence electrons. The molecule has 17 heavy (non-hydrogen) atoms. The van der Waals surface area contributed by atoms with Crippen LogP contribution in [0.3, 0.4) is 0 Å². The molecule has 0 aliphatic rings. The number of rotatable bonds is 4. The first-order valence-corrected chi connectivity index (χ1v) is 5.35. The predicted molar refractivity (Wildman–Crippen MR) is 67.6 cm³/mol. The minimum atomic E-state index is -0.781. The lowest BCUT2D eigenvalue weighted by Crippen LogP contribution is -2.17. The third kappa shape index (κ3) is 2.36. The van der Waals surface area contributed by atoms with Crippen molar-refractivity contribution >= 4 is 16.3 Å². The van der Waals surface area contributed by atoms with E-state index < -0.39 is 6.10 Å². The van der Waals surface area contributed by atoms with Gasteiger partial charge in [0.25, 0.3) is 0 Å². The second-order valence-corrected chi connectivity index (χ2v) is 3.86. The van der Waals surface area contributed by atoms with Gasteiger partial charge in [0.05, 0.1) is 6.61 Å². The van der Waals surface area contributed by atoms with E-state index in [1.807, 2.05) is 42.5 Å². The standard InChI is InChI=1S/C14H14O3/c1-10(14(9-15)17-16)12-7-6-11-4-2-3-5-13(11)8-12/h2-8,14-16H,1,9H2/t14-/m1/s1. The Morgan fingerprint density at radius 2 is 1.88 bits per heavy atom. The summed E-state index contributed by atoms with van der Waals surface area (Å²) in [5.41, 5.74) is 1.40. The molecule has 0 amide bonds. The maximum atomic E-state index is 9.03. The largest absolute Gasteiger partial charge is 0.393 e. The summed E-state index contributed by atoms with van der Waals surface area (Å²) in [6.45, 7) is 3.53. The Kier molecular flexibility index (Phi) is 3.54. The minimum Gasteiger partial charge on any atom is -0.393 e. The van der Waals surface area contributed by atoms with Gasteiger partial charge in [-0.05, 0) is 28.0 Å². The lowest BCUT2D eigenvalue weighted by molar-refractivity contribution is -0.268. The Balaban J connectivity index is 2.39. The van der Waals surface area contributed by atoms with Crippen LogP contribution in [0.2, 0.25) is 0 Å². The molecule has 1 atom stereocenters. The smallest absolute Gasteiger partial charge is 0.141 e. The van der Waals surface area contributed by atoms with Crippen LogP contribution in [0.15, 0.2) is 49.0 Å². The van der Waals surface area contributed by atoms with Crippen molar-refractivity contribution in [3.05, 3.63) is 54.6 Å². The highest BCUT2D eigenvalue weighted by molar-refractivity contribution is 5.86. The predicted octanol–water partition coefficient (Wildman–Crippen LogP) is 2.70. The number of fused-ring (bicyclic) bond motifs is 1. The molecule has 0 spiro atoms. The van der Waals surface area contributed by atoms with Crippen molar-refractivity contribution in [1.29, 1.82) is 0 Å². The topological polar surface area (TPSA) is 49.7 Å². The average Bonchev–Trinajstić information content (AvgIpc) is 2.39. The van der Waals surface area contributed by atoms with Gasteiger partial charge >= 0.3 is 0 Å². The van der Waals surface area contributed by atoms with Crippen LogP contribution >= 0.6 is 0 Å². The quantitative estimate of drug-likeness (QED) is 0.627. The molecule has 3 heteroatoms. The molecule has 0 aliphatic carbocycles. The highest BCUT2D eigenvalue weighted by Gasteiger charge is 2.13. The summed E-state index contributed by atoms with van der Waals surface area (Å²) in [5.74, 6) is 0. The van der Waals surface area contributed by atoms with Gasteiger partial charge in [-0.25, -0.2) is 4.89 Å². The molecule has 3 nitrogen and oxygen atoms in total. The van der Waals surface area contributed by atoms with Gasteiger partial charge in [-0.15, -0.1) is 0 Å². The summed E-state index contributed by atoms with van der Waals surface area (Å²) < 4.78 is 0. The van der Waals surface area contributed by atoms with Gasteiger partial charge in [-0.2, -0.15) is 0 Å². The zero-order valence-electron chi connectivity index (χ0n) is 9.34. The summed E-state index contributed by atoms with van der Waals surface area (Å²) >= 11 is 0. The third-order valence-electron chi connectivity index (χ3n) is 2.80. The summed E-state index contributed by atoms with van der Waals surface area (Å²) in [7, 11) is 0. The molecule has 0 fully saturated rings. The number of benzene rings is 2. The van der Waals surface area contributed by atoms with Crippen LogP contribution in [0.25, 0.3) is 16.3 Å². The van der Waals surface area contributed by atoms with Gasteiger partial charge in [0.2, 0.25) is 0 Å². The third-order valence-corrected chi connectivity index (χ3v) is 2.80. The number of hydrogen-bond donors (Lipinski definition) is 2. The number of hydrogen-bond acceptors (Lipinski definition) is 3. The molecular formula is C14H14O3. The maximum absolute atomic E-state index is 9.03. The van der Waals surface area contributed by atoms with Crippen molar-refractivity contribution in [3.63, 3.8) is 0 Å². The average molecular weight is 230 g/mol. The highest BCUT2D eigenvalue weighted by Crippen LogP contribution is 2.23. The van der Waals surface area contributed by atoms with Gasteiger partial charge in [0, 0.05) is 0 Å². The fourth-order valence-corrected chi connectivity index (χ4v) is 1.78. The first-order chi connectivity index (χ1) is 8.26. The van der Waals surface area contributed by atoms with Gasteiger partial charge in [-0.3, -0.25) is 5.26 Å². The van der Waals surface area contributed by atoms with E-state index in [1.54, 1.807) is 0 Å². The highest BCUT2D eigenvalue weighted by atomic mass is 17.1. The fourth-order valence-electron chi connectivity index (χ4n) is 1.78. The van der Waals surface area contributed by atoms with Crippen LogP contribution in [0, 0.1) is 0 Å². The molecule has 0 saturated carbocycles. The Morgan fingerprint density at radius 3 is 2.53 bits per heavy atom. The molecule has 2 aromatic carbocycles. The van der Waals surface area contributed by atoms with Crippen molar-refractivity contribution in [2.24, 2.45) is 0 Å². The Bertz CT molecular complexity index is 530. The van der Waals surface area contributed by atoms with Crippen molar-refractivity contribution in [3.8, 4) is 0 Å². The van der Waals surface area contributed by atoms with Gasteiger partial charge < -0.3 is 5.11 Å². The minimum absolute atomic E-state index is 0.303. The molecule has 0 unspecified atom stereocenters. The molecule has 0 aromatic heterocycles. The summed E-state index contributed by atoms with van der Waals surface area (Å²) in [4.78, 5) is 4.18. The SMILES string of the molecule is C=C(c1ccc2ccccc2c1)[C@@H](CO)OO. The summed E-state index contributed by atoms with van der Waals surface area (Å²) in [6, 6.07) is 13.8. The molecule has 0 saturated heterocycles. The van der Waals surface area contributed by atoms with Gasteiger partial charge in [0.1, 0.15) is 6.10 Å². The van der Waals surface area contributed by atoms with Crippen LogP contribution in [0.4, 0.5) is 0 Å². The molecule has 0 heterocycles. The van der Waals surface area contributed by atoms with E-state index in [2.05, 4.69) is 11.5 Å². The van der Waals surface area contributed by atoms with Gasteiger partial charge in [0.15, 0.2) is 0 Å². The number of aliphatic hydroxyl groups excluding tert-OH is 1. The van der Waals surface area contributed by atoms with E-state index in [0.29, 0.717) is 5.57 Å². The molecule has 2 N–H and O–H groups in total. The zero-order valence-corrected chi connectivity index (χ0v) is 9.34. The summed E-state index contributed by atoms with van der Waals surface area (Å²) in [6.07, 6.45) is -0.781. The Morgan fingerprint density at radius 1 is 1.18 bits per heavy atom. The van der Waals surface area contributed by atoms with E-state index in [4.69, 9.17) is 10.4 Å². The Hall–Kier alpha value is -1.68. The second-order valence-electron chi connectivity index (χ2n) is 3.86. The lowest BCUT2D eigenvalue weighted by Gasteiger charge is -2.14. The molecule has 0 bridgehead atoms. The fraction of sp³-hybridized carbons (Fsp3) is 0.143. The number of aliphatic hydroxyl groups is 1. The van der Waals surface area contributed by atoms with Crippen molar-refractivity contribution in [1.82, 2.24) is 0 Å². The molecular weight excluding hydrogens is 216 g/mol. The van der Waals surface area contributed by atoms with Crippen LogP contribution in [0.5, 0.6) is 0 Å². The zero-order chi connectivity index (χ0) is 12.3. The maximum Gasteiger partial charge on any atom is 0.141 e. The van der Waals surface area contributed by atoms with Crippen molar-refractivity contribution < 1.29 is 15.3 Å². The first-order valence-electron chi connectivity index (χ1n) is 5.35. The van der Waals surface area contributed by atoms with Gasteiger partial charge in [-0.1, -0.05) is 43.0 Å². The van der Waals surface area contributed by atoms with Crippen LogP contribution in [-0.2, 0) is 4.89 Å². The molecule has 2 aromatic rings. The van der Waals surface area contributed by atoms with Crippen molar-refractivity contribution in [2.45, 2.75) is 6.10 Å². The van der Waals surface area contributed by atoms with Crippen LogP contribution < -0.4 is 0 Å². The second kappa shape index (κ2) is 5.10. The van der Waals surface area contributed by atoms with E-state index in [-0.39, 0.29) is 6.61 Å². The van der Waals surface area contributed by atoms with E-state index in [1.165, 1.54) is 0 Å². The normalized spacial score (nSPS) is 12.6. The van der Waals surface area contributed by atoms with Crippen LogP contribution in [-0.4, -0.2) is 23.1 Å². The Labute approximate surface area is 99.5 Å². The monoisotopic (exact) mass is 230 g/mol. The van der Waals surface area contributed by atoms with E-state index in [0.717, 1.165) is 16.3 Å². The molecule has 2 rings (SSSR count).